The number of hydrogen-bond donors (Lipinski definition) is 1. The van der Waals surface area contributed by atoms with Crippen molar-refractivity contribution < 1.29 is 4.74 Å². The standard InChI is InChI=1S/C17H27N3O/c1-4-18-13-15(2)14-19-9-11-20(12-10-19)16-5-7-17(21-3)8-6-16/h5-8,18H,2,4,9-14H2,1,3H3. The second-order valence-corrected chi connectivity index (χ2v) is 5.49. The number of nitrogens with zero attached hydrogens (tertiary/aromatic N) is 2. The van der Waals surface area contributed by atoms with Crippen molar-refractivity contribution in [1.82, 2.24) is 10.2 Å². The van der Waals surface area contributed by atoms with Gasteiger partial charge in [0, 0.05) is 45.0 Å². The zero-order chi connectivity index (χ0) is 15.1. The average molecular weight is 289 g/mol. The molecule has 1 heterocycles. The summed E-state index contributed by atoms with van der Waals surface area (Å²) < 4.78 is 5.21. The summed E-state index contributed by atoms with van der Waals surface area (Å²) in [5.74, 6) is 0.914. The maximum atomic E-state index is 5.21. The summed E-state index contributed by atoms with van der Waals surface area (Å²) in [6.07, 6.45) is 0. The van der Waals surface area contributed by atoms with Crippen LogP contribution in [0.1, 0.15) is 6.92 Å². The third-order valence-corrected chi connectivity index (χ3v) is 3.88. The molecule has 116 valence electrons. The van der Waals surface area contributed by atoms with Gasteiger partial charge in [-0.1, -0.05) is 13.5 Å². The third-order valence-electron chi connectivity index (χ3n) is 3.88. The van der Waals surface area contributed by atoms with Crippen LogP contribution < -0.4 is 15.0 Å². The van der Waals surface area contributed by atoms with E-state index in [4.69, 9.17) is 4.74 Å². The second-order valence-electron chi connectivity index (χ2n) is 5.49. The summed E-state index contributed by atoms with van der Waals surface area (Å²) in [6, 6.07) is 8.33. The van der Waals surface area contributed by atoms with E-state index >= 15 is 0 Å². The van der Waals surface area contributed by atoms with E-state index in [1.165, 1.54) is 11.3 Å². The predicted octanol–water partition coefficient (Wildman–Crippen LogP) is 1.98. The number of likely N-dealkylation sites (N-methyl/N-ethyl adjacent to an activating group) is 1. The van der Waals surface area contributed by atoms with Gasteiger partial charge in [0.1, 0.15) is 5.75 Å². The Balaban J connectivity index is 1.78. The van der Waals surface area contributed by atoms with E-state index in [-0.39, 0.29) is 0 Å². The Morgan fingerprint density at radius 1 is 1.19 bits per heavy atom. The lowest BCUT2D eigenvalue weighted by Gasteiger charge is -2.36. The highest BCUT2D eigenvalue weighted by Gasteiger charge is 2.17. The van der Waals surface area contributed by atoms with Crippen molar-refractivity contribution in [2.75, 3.05) is 57.8 Å². The Labute approximate surface area is 128 Å². The number of benzene rings is 1. The predicted molar refractivity (Wildman–Crippen MR) is 89.3 cm³/mol. The molecule has 0 amide bonds. The van der Waals surface area contributed by atoms with Gasteiger partial charge < -0.3 is 15.0 Å². The Bertz CT molecular complexity index is 436. The van der Waals surface area contributed by atoms with E-state index in [9.17, 15) is 0 Å². The van der Waals surface area contributed by atoms with Crippen LogP contribution in [-0.2, 0) is 0 Å². The molecule has 0 atom stereocenters. The summed E-state index contributed by atoms with van der Waals surface area (Å²) in [5, 5.41) is 3.33. The molecule has 4 heteroatoms. The smallest absolute Gasteiger partial charge is 0.119 e. The summed E-state index contributed by atoms with van der Waals surface area (Å²) in [6.45, 7) is 13.5. The largest absolute Gasteiger partial charge is 0.497 e. The molecule has 0 aliphatic carbocycles. The Hall–Kier alpha value is -1.52. The van der Waals surface area contributed by atoms with Gasteiger partial charge in [-0.2, -0.15) is 0 Å². The van der Waals surface area contributed by atoms with Gasteiger partial charge in [0.05, 0.1) is 7.11 Å². The molecule has 2 rings (SSSR count). The molecule has 1 fully saturated rings. The molecule has 4 nitrogen and oxygen atoms in total. The molecule has 1 saturated heterocycles. The zero-order valence-electron chi connectivity index (χ0n) is 13.3. The average Bonchev–Trinajstić information content (AvgIpc) is 2.54. The van der Waals surface area contributed by atoms with Crippen molar-refractivity contribution >= 4 is 5.69 Å². The van der Waals surface area contributed by atoms with Crippen LogP contribution in [0.5, 0.6) is 5.75 Å². The Morgan fingerprint density at radius 3 is 2.43 bits per heavy atom. The fourth-order valence-corrected chi connectivity index (χ4v) is 2.63. The second kappa shape index (κ2) is 8.05. The van der Waals surface area contributed by atoms with Gasteiger partial charge in [-0.3, -0.25) is 4.90 Å². The number of nitrogens with one attached hydrogen (secondary N) is 1. The van der Waals surface area contributed by atoms with Crippen molar-refractivity contribution in [2.24, 2.45) is 0 Å². The van der Waals surface area contributed by atoms with E-state index in [0.29, 0.717) is 0 Å². The van der Waals surface area contributed by atoms with Gasteiger partial charge in [-0.05, 0) is 36.4 Å². The molecule has 1 aliphatic rings. The minimum absolute atomic E-state index is 0.914. The molecule has 0 spiro atoms. The van der Waals surface area contributed by atoms with Crippen LogP contribution in [0.25, 0.3) is 0 Å². The van der Waals surface area contributed by atoms with Crippen LogP contribution in [0.4, 0.5) is 5.69 Å². The highest BCUT2D eigenvalue weighted by molar-refractivity contribution is 5.49. The highest BCUT2D eigenvalue weighted by atomic mass is 16.5. The van der Waals surface area contributed by atoms with Gasteiger partial charge in [-0.15, -0.1) is 0 Å². The van der Waals surface area contributed by atoms with E-state index in [2.05, 4.69) is 40.8 Å². The van der Waals surface area contributed by atoms with Crippen molar-refractivity contribution in [2.45, 2.75) is 6.92 Å². The van der Waals surface area contributed by atoms with Crippen molar-refractivity contribution in [3.05, 3.63) is 36.4 Å². The van der Waals surface area contributed by atoms with E-state index in [1.54, 1.807) is 7.11 Å². The third kappa shape index (κ3) is 4.76. The summed E-state index contributed by atoms with van der Waals surface area (Å²) in [7, 11) is 1.70. The molecule has 0 bridgehead atoms. The first kappa shape index (κ1) is 15.9. The highest BCUT2D eigenvalue weighted by Crippen LogP contribution is 2.20. The molecule has 0 radical (unpaired) electrons. The maximum Gasteiger partial charge on any atom is 0.119 e. The molecular weight excluding hydrogens is 262 g/mol. The first-order valence-corrected chi connectivity index (χ1v) is 7.71. The maximum absolute atomic E-state index is 5.21. The van der Waals surface area contributed by atoms with Crippen molar-refractivity contribution in [1.29, 1.82) is 0 Å². The summed E-state index contributed by atoms with van der Waals surface area (Å²) >= 11 is 0. The number of piperazine rings is 1. The van der Waals surface area contributed by atoms with Crippen molar-refractivity contribution in [3.63, 3.8) is 0 Å². The number of methoxy groups -OCH3 is 1. The molecule has 1 aromatic rings. The van der Waals surface area contributed by atoms with Crippen LogP contribution in [0.3, 0.4) is 0 Å². The quantitative estimate of drug-likeness (QED) is 0.777. The van der Waals surface area contributed by atoms with Crippen LogP contribution in [0, 0.1) is 0 Å². The minimum Gasteiger partial charge on any atom is -0.497 e. The number of rotatable bonds is 7. The summed E-state index contributed by atoms with van der Waals surface area (Å²) in [5.41, 5.74) is 2.55. The van der Waals surface area contributed by atoms with Gasteiger partial charge in [0.15, 0.2) is 0 Å². The zero-order valence-corrected chi connectivity index (χ0v) is 13.3. The lowest BCUT2D eigenvalue weighted by Crippen LogP contribution is -2.47. The first-order chi connectivity index (χ1) is 10.2. The molecule has 0 unspecified atom stereocenters. The number of hydrogen-bond acceptors (Lipinski definition) is 4. The Kier molecular flexibility index (Phi) is 6.08. The summed E-state index contributed by atoms with van der Waals surface area (Å²) in [4.78, 5) is 4.92. The van der Waals surface area contributed by atoms with Crippen molar-refractivity contribution in [3.8, 4) is 5.75 Å². The Morgan fingerprint density at radius 2 is 1.86 bits per heavy atom. The molecule has 1 N–H and O–H groups in total. The van der Waals surface area contributed by atoms with Gasteiger partial charge in [-0.25, -0.2) is 0 Å². The van der Waals surface area contributed by atoms with Crippen LogP contribution in [-0.4, -0.2) is 57.8 Å². The minimum atomic E-state index is 0.914. The molecule has 1 aromatic carbocycles. The van der Waals surface area contributed by atoms with Gasteiger partial charge in [0.2, 0.25) is 0 Å². The SMILES string of the molecule is C=C(CNCC)CN1CCN(c2ccc(OC)cc2)CC1. The van der Waals surface area contributed by atoms with E-state index < -0.39 is 0 Å². The van der Waals surface area contributed by atoms with Crippen LogP contribution >= 0.6 is 0 Å². The van der Waals surface area contributed by atoms with Gasteiger partial charge in [0.25, 0.3) is 0 Å². The fraction of sp³-hybridized carbons (Fsp3) is 0.529. The van der Waals surface area contributed by atoms with Gasteiger partial charge >= 0.3 is 0 Å². The molecular formula is C17H27N3O. The molecule has 0 aromatic heterocycles. The fourth-order valence-electron chi connectivity index (χ4n) is 2.63. The lowest BCUT2D eigenvalue weighted by molar-refractivity contribution is 0.276. The number of anilines is 1. The molecule has 0 saturated carbocycles. The number of ether oxygens (including phenoxy) is 1. The lowest BCUT2D eigenvalue weighted by atomic mass is 10.2. The van der Waals surface area contributed by atoms with E-state index in [1.807, 2.05) is 12.1 Å². The van der Waals surface area contributed by atoms with E-state index in [0.717, 1.165) is 51.6 Å². The van der Waals surface area contributed by atoms with Crippen LogP contribution in [0.15, 0.2) is 36.4 Å². The normalized spacial score (nSPS) is 16.0. The first-order valence-electron chi connectivity index (χ1n) is 7.71. The topological polar surface area (TPSA) is 27.7 Å². The molecule has 1 aliphatic heterocycles. The monoisotopic (exact) mass is 289 g/mol. The molecule has 21 heavy (non-hydrogen) atoms. The van der Waals surface area contributed by atoms with Crippen LogP contribution in [0.2, 0.25) is 0 Å².